The van der Waals surface area contributed by atoms with Crippen LogP contribution in [0.2, 0.25) is 0 Å². The van der Waals surface area contributed by atoms with Gasteiger partial charge in [-0.1, -0.05) is 81.0 Å². The summed E-state index contributed by atoms with van der Waals surface area (Å²) in [4.78, 5) is 0. The minimum atomic E-state index is 1.13. The zero-order chi connectivity index (χ0) is 15.5. The van der Waals surface area contributed by atoms with Crippen LogP contribution in [0.15, 0.2) is 54.6 Å². The summed E-state index contributed by atoms with van der Waals surface area (Å²) in [5.41, 5.74) is 4.96. The lowest BCUT2D eigenvalue weighted by atomic mass is 10.2. The zero-order valence-electron chi connectivity index (χ0n) is 13.5. The van der Waals surface area contributed by atoms with E-state index in [0.717, 1.165) is 6.42 Å². The molecule has 19 heavy (non-hydrogen) atoms. The summed E-state index contributed by atoms with van der Waals surface area (Å²) in [6.45, 7) is 13.9. The molecule has 0 radical (unpaired) electrons. The van der Waals surface area contributed by atoms with Gasteiger partial charge >= 0.3 is 0 Å². The van der Waals surface area contributed by atoms with E-state index in [4.69, 9.17) is 0 Å². The fourth-order valence-corrected chi connectivity index (χ4v) is 0.853. The van der Waals surface area contributed by atoms with E-state index >= 15 is 0 Å². The first-order chi connectivity index (χ1) is 9.12. The third kappa shape index (κ3) is 26.3. The number of hydrogen-bond donors (Lipinski definition) is 2. The summed E-state index contributed by atoms with van der Waals surface area (Å²) in [5, 5.41) is 0. The molecule has 1 aromatic carbocycles. The average Bonchev–Trinajstić information content (AvgIpc) is 2.44. The van der Waals surface area contributed by atoms with Crippen LogP contribution in [-0.4, -0.2) is 7.05 Å². The van der Waals surface area contributed by atoms with Crippen molar-refractivity contribution in [1.29, 1.82) is 0 Å². The van der Waals surface area contributed by atoms with Crippen LogP contribution in [0, 0.1) is 6.92 Å². The second-order valence-corrected chi connectivity index (χ2v) is 3.55. The molecule has 2 nitrogen and oxygen atoms in total. The summed E-state index contributed by atoms with van der Waals surface area (Å²) in [5.74, 6) is 4.60. The summed E-state index contributed by atoms with van der Waals surface area (Å²) in [6, 6.07) is 10.3. The van der Waals surface area contributed by atoms with Gasteiger partial charge in [0.1, 0.15) is 0 Å². The molecule has 0 aliphatic rings. The van der Waals surface area contributed by atoms with E-state index in [1.165, 1.54) is 11.1 Å². The second-order valence-electron chi connectivity index (χ2n) is 3.55. The van der Waals surface area contributed by atoms with Gasteiger partial charge in [-0.15, -0.1) is 0 Å². The van der Waals surface area contributed by atoms with Crippen molar-refractivity contribution in [2.45, 2.75) is 41.0 Å². The highest BCUT2D eigenvalue weighted by atomic mass is 15.2. The first kappa shape index (κ1) is 22.8. The number of allylic oxidation sites excluding steroid dienone is 3. The molecule has 0 spiro atoms. The highest BCUT2D eigenvalue weighted by Gasteiger charge is 1.74. The van der Waals surface area contributed by atoms with Gasteiger partial charge in [0.05, 0.1) is 0 Å². The van der Waals surface area contributed by atoms with Crippen molar-refractivity contribution in [1.82, 2.24) is 5.43 Å². The van der Waals surface area contributed by atoms with Crippen molar-refractivity contribution in [3.05, 3.63) is 60.2 Å². The molecule has 1 aromatic rings. The molecule has 0 saturated carbocycles. The Kier molecular flexibility index (Phi) is 26.2. The predicted molar refractivity (Wildman–Crippen MR) is 90.0 cm³/mol. The van der Waals surface area contributed by atoms with Crippen LogP contribution in [0.1, 0.15) is 39.7 Å². The minimum Gasteiger partial charge on any atom is -0.272 e. The number of hydrogen-bond acceptors (Lipinski definition) is 2. The van der Waals surface area contributed by atoms with E-state index in [-0.39, 0.29) is 0 Å². The van der Waals surface area contributed by atoms with E-state index in [9.17, 15) is 0 Å². The molecule has 110 valence electrons. The highest BCUT2D eigenvalue weighted by molar-refractivity contribution is 5.11. The average molecular weight is 264 g/mol. The number of hydrazine groups is 1. The second kappa shape index (κ2) is 21.9. The van der Waals surface area contributed by atoms with Crippen molar-refractivity contribution >= 4 is 0 Å². The Bertz CT molecular complexity index is 289. The van der Waals surface area contributed by atoms with Crippen molar-refractivity contribution in [3.63, 3.8) is 0 Å². The predicted octanol–water partition coefficient (Wildman–Crippen LogP) is 4.63. The van der Waals surface area contributed by atoms with E-state index in [1.54, 1.807) is 7.05 Å². The molecule has 0 amide bonds. The van der Waals surface area contributed by atoms with Gasteiger partial charge < -0.3 is 0 Å². The molecular weight excluding hydrogens is 232 g/mol. The minimum absolute atomic E-state index is 1.13. The Morgan fingerprint density at radius 1 is 1.26 bits per heavy atom. The first-order valence-electron chi connectivity index (χ1n) is 6.79. The van der Waals surface area contributed by atoms with Gasteiger partial charge in [-0.05, 0) is 27.3 Å². The van der Waals surface area contributed by atoms with Crippen LogP contribution >= 0.6 is 0 Å². The van der Waals surface area contributed by atoms with Gasteiger partial charge in [0, 0.05) is 0 Å². The Balaban J connectivity index is -0.000000203. The SMILES string of the molecule is C=C/C=C(/C)CC.CC.CNN.Cc1ccccc1. The number of nitrogens with one attached hydrogen (secondary N) is 1. The molecule has 2 heteroatoms. The summed E-state index contributed by atoms with van der Waals surface area (Å²) >= 11 is 0. The third-order valence-corrected chi connectivity index (χ3v) is 1.90. The largest absolute Gasteiger partial charge is 0.272 e. The molecular formula is C17H32N2. The van der Waals surface area contributed by atoms with Crippen molar-refractivity contribution in [2.75, 3.05) is 7.05 Å². The summed E-state index contributed by atoms with van der Waals surface area (Å²) in [6.07, 6.45) is 4.98. The number of aryl methyl sites for hydroxylation is 1. The molecule has 0 heterocycles. The monoisotopic (exact) mass is 264 g/mol. The van der Waals surface area contributed by atoms with Crippen LogP contribution in [-0.2, 0) is 0 Å². The van der Waals surface area contributed by atoms with Crippen molar-refractivity contribution < 1.29 is 0 Å². The van der Waals surface area contributed by atoms with E-state index in [0.29, 0.717) is 0 Å². The fraction of sp³-hybridized carbons (Fsp3) is 0.412. The lowest BCUT2D eigenvalue weighted by Gasteiger charge is -1.86. The molecule has 0 aliphatic heterocycles. The van der Waals surface area contributed by atoms with Gasteiger partial charge in [-0.25, -0.2) is 0 Å². The van der Waals surface area contributed by atoms with E-state index < -0.39 is 0 Å². The first-order valence-corrected chi connectivity index (χ1v) is 6.79. The van der Waals surface area contributed by atoms with Crippen LogP contribution in [0.3, 0.4) is 0 Å². The van der Waals surface area contributed by atoms with Crippen LogP contribution < -0.4 is 11.3 Å². The molecule has 0 saturated heterocycles. The molecule has 0 fully saturated rings. The van der Waals surface area contributed by atoms with Crippen LogP contribution in [0.5, 0.6) is 0 Å². The van der Waals surface area contributed by atoms with Gasteiger partial charge in [0.2, 0.25) is 0 Å². The molecule has 0 atom stereocenters. The van der Waals surface area contributed by atoms with Crippen LogP contribution in [0.25, 0.3) is 0 Å². The quantitative estimate of drug-likeness (QED) is 0.464. The Hall–Kier alpha value is -1.38. The molecule has 0 bridgehead atoms. The third-order valence-electron chi connectivity index (χ3n) is 1.90. The topological polar surface area (TPSA) is 38.0 Å². The summed E-state index contributed by atoms with van der Waals surface area (Å²) in [7, 11) is 1.65. The molecule has 0 aliphatic carbocycles. The number of nitrogens with two attached hydrogens (primary N) is 1. The molecule has 0 aromatic heterocycles. The normalized spacial score (nSPS) is 8.68. The standard InChI is InChI=1S/C7H8.C7H12.C2H6.CH6N2/c1-7-5-3-2-4-6-7;1-4-6-7(3)5-2;1-2;1-3-2/h2-6H,1H3;4,6H,1,5H2,2-3H3;1-2H3;3H,2H2,1H3/b;7-6-;;. The Morgan fingerprint density at radius 2 is 1.68 bits per heavy atom. The van der Waals surface area contributed by atoms with Crippen LogP contribution in [0.4, 0.5) is 0 Å². The van der Waals surface area contributed by atoms with Crippen molar-refractivity contribution in [3.8, 4) is 0 Å². The molecule has 0 unspecified atom stereocenters. The van der Waals surface area contributed by atoms with Gasteiger partial charge in [0.15, 0.2) is 0 Å². The molecule has 1 rings (SSSR count). The van der Waals surface area contributed by atoms with Gasteiger partial charge in [0.25, 0.3) is 0 Å². The maximum absolute atomic E-state index is 4.60. The van der Waals surface area contributed by atoms with E-state index in [2.05, 4.69) is 50.8 Å². The van der Waals surface area contributed by atoms with Gasteiger partial charge in [-0.3, -0.25) is 11.3 Å². The number of rotatable bonds is 2. The smallest absolute Gasteiger partial charge is 0.00172 e. The maximum atomic E-state index is 4.60. The Morgan fingerprint density at radius 3 is 1.84 bits per heavy atom. The maximum Gasteiger partial charge on any atom is -0.00172 e. The molecule has 3 N–H and O–H groups in total. The fourth-order valence-electron chi connectivity index (χ4n) is 0.853. The Labute approximate surface area is 120 Å². The zero-order valence-corrected chi connectivity index (χ0v) is 13.5. The van der Waals surface area contributed by atoms with E-state index in [1.807, 2.05) is 44.2 Å². The summed E-state index contributed by atoms with van der Waals surface area (Å²) < 4.78 is 0. The van der Waals surface area contributed by atoms with Gasteiger partial charge in [-0.2, -0.15) is 0 Å². The van der Waals surface area contributed by atoms with Crippen molar-refractivity contribution in [2.24, 2.45) is 5.84 Å². The lowest BCUT2D eigenvalue weighted by Crippen LogP contribution is -2.13. The lowest BCUT2D eigenvalue weighted by molar-refractivity contribution is 0.900. The highest BCUT2D eigenvalue weighted by Crippen LogP contribution is 1.95. The number of benzene rings is 1.